The highest BCUT2D eigenvalue weighted by Gasteiger charge is 2.35. The van der Waals surface area contributed by atoms with Gasteiger partial charge in [-0.25, -0.2) is 4.39 Å². The van der Waals surface area contributed by atoms with Crippen LogP contribution in [0.25, 0.3) is 0 Å². The molecule has 5 nitrogen and oxygen atoms in total. The monoisotopic (exact) mass is 292 g/mol. The highest BCUT2D eigenvalue weighted by atomic mass is 19.1. The van der Waals surface area contributed by atoms with Crippen molar-refractivity contribution in [3.8, 4) is 0 Å². The third-order valence-corrected chi connectivity index (χ3v) is 4.83. The van der Waals surface area contributed by atoms with Gasteiger partial charge in [0, 0.05) is 36.4 Å². The van der Waals surface area contributed by atoms with E-state index in [2.05, 4.69) is 22.0 Å². The molecule has 1 aromatic rings. The molecule has 0 radical (unpaired) electrons. The summed E-state index contributed by atoms with van der Waals surface area (Å²) < 4.78 is 13.5. The van der Waals surface area contributed by atoms with Gasteiger partial charge < -0.3 is 15.8 Å². The number of nitrogens with two attached hydrogens (primary N) is 1. The van der Waals surface area contributed by atoms with Crippen LogP contribution < -0.4 is 10.6 Å². The number of fused-ring (bicyclic) bond motifs is 2. The third-order valence-electron chi connectivity index (χ3n) is 4.83. The topological polar surface area (TPSA) is 65.1 Å². The molecule has 21 heavy (non-hydrogen) atoms. The number of anilines is 1. The molecule has 1 aromatic carbocycles. The van der Waals surface area contributed by atoms with E-state index < -0.39 is 0 Å². The van der Waals surface area contributed by atoms with Gasteiger partial charge in [0.25, 0.3) is 0 Å². The average molecular weight is 292 g/mol. The van der Waals surface area contributed by atoms with E-state index in [1.807, 2.05) is 0 Å². The van der Waals surface area contributed by atoms with Crippen LogP contribution >= 0.6 is 0 Å². The van der Waals surface area contributed by atoms with Crippen LogP contribution in [0.15, 0.2) is 23.4 Å². The molecule has 2 bridgehead atoms. The standard InChI is InChI=1S/C15H21FN4O/c1-19-11-3-4-12(19)9-20(7-6-11)14-5-2-10(16)8-13(14)15(17)18-21/h2,5,8,11-12,21H,3-4,6-7,9H2,1H3,(H2,17,18). The van der Waals surface area contributed by atoms with E-state index in [1.165, 1.54) is 25.0 Å². The minimum atomic E-state index is -0.381. The average Bonchev–Trinajstić information content (AvgIpc) is 2.72. The lowest BCUT2D eigenvalue weighted by atomic mass is 10.1. The molecule has 0 spiro atoms. The fourth-order valence-corrected chi connectivity index (χ4v) is 3.57. The Kier molecular flexibility index (Phi) is 3.71. The van der Waals surface area contributed by atoms with Crippen LogP contribution in [0.4, 0.5) is 10.1 Å². The van der Waals surface area contributed by atoms with Crippen LogP contribution in [0.3, 0.4) is 0 Å². The van der Waals surface area contributed by atoms with Crippen molar-refractivity contribution in [3.63, 3.8) is 0 Å². The van der Waals surface area contributed by atoms with Crippen molar-refractivity contribution in [1.29, 1.82) is 0 Å². The zero-order valence-electron chi connectivity index (χ0n) is 12.2. The summed E-state index contributed by atoms with van der Waals surface area (Å²) in [7, 11) is 2.18. The summed E-state index contributed by atoms with van der Waals surface area (Å²) in [6.07, 6.45) is 3.53. The van der Waals surface area contributed by atoms with Gasteiger partial charge in [-0.2, -0.15) is 0 Å². The second-order valence-corrected chi connectivity index (χ2v) is 5.93. The van der Waals surface area contributed by atoms with Gasteiger partial charge in [0.05, 0.1) is 0 Å². The molecule has 0 aromatic heterocycles. The number of rotatable bonds is 2. The van der Waals surface area contributed by atoms with Crippen LogP contribution in [0, 0.1) is 5.82 Å². The van der Waals surface area contributed by atoms with Gasteiger partial charge in [-0.15, -0.1) is 0 Å². The maximum atomic E-state index is 13.5. The molecule has 6 heteroatoms. The van der Waals surface area contributed by atoms with Crippen LogP contribution in [0.1, 0.15) is 24.8 Å². The number of oxime groups is 1. The van der Waals surface area contributed by atoms with E-state index in [0.717, 1.165) is 25.2 Å². The molecule has 2 unspecified atom stereocenters. The van der Waals surface area contributed by atoms with Crippen molar-refractivity contribution in [3.05, 3.63) is 29.6 Å². The summed E-state index contributed by atoms with van der Waals surface area (Å²) in [5.74, 6) is -0.430. The van der Waals surface area contributed by atoms with E-state index in [4.69, 9.17) is 10.9 Å². The normalized spacial score (nSPS) is 27.0. The molecule has 3 N–H and O–H groups in total. The van der Waals surface area contributed by atoms with Crippen molar-refractivity contribution in [2.75, 3.05) is 25.0 Å². The number of benzene rings is 1. The summed E-state index contributed by atoms with van der Waals surface area (Å²) in [4.78, 5) is 4.68. The quantitative estimate of drug-likeness (QED) is 0.376. The number of halogens is 1. The Balaban J connectivity index is 1.93. The maximum Gasteiger partial charge on any atom is 0.172 e. The van der Waals surface area contributed by atoms with Crippen molar-refractivity contribution in [2.24, 2.45) is 10.9 Å². The molecule has 2 aliphatic rings. The van der Waals surface area contributed by atoms with Crippen molar-refractivity contribution in [2.45, 2.75) is 31.3 Å². The maximum absolute atomic E-state index is 13.5. The predicted octanol–water partition coefficient (Wildman–Crippen LogP) is 1.59. The van der Waals surface area contributed by atoms with Gasteiger partial charge in [-0.3, -0.25) is 4.90 Å². The van der Waals surface area contributed by atoms with Gasteiger partial charge in [-0.1, -0.05) is 5.16 Å². The molecule has 2 saturated heterocycles. The SMILES string of the molecule is CN1C2CCC1CN(c1ccc(F)cc1C(N)=NO)CC2. The highest BCUT2D eigenvalue weighted by Crippen LogP contribution is 2.32. The van der Waals surface area contributed by atoms with E-state index in [9.17, 15) is 4.39 Å². The zero-order valence-corrected chi connectivity index (χ0v) is 12.2. The summed E-state index contributed by atoms with van der Waals surface area (Å²) in [6.45, 7) is 1.80. The second-order valence-electron chi connectivity index (χ2n) is 5.93. The summed E-state index contributed by atoms with van der Waals surface area (Å²) in [5.41, 5.74) is 7.01. The zero-order chi connectivity index (χ0) is 15.0. The number of amidine groups is 1. The third kappa shape index (κ3) is 2.55. The molecule has 0 aliphatic carbocycles. The molecule has 2 heterocycles. The van der Waals surface area contributed by atoms with E-state index in [0.29, 0.717) is 17.6 Å². The number of hydrogen-bond acceptors (Lipinski definition) is 4. The largest absolute Gasteiger partial charge is 0.409 e. The highest BCUT2D eigenvalue weighted by molar-refractivity contribution is 6.02. The number of hydrogen-bond donors (Lipinski definition) is 2. The van der Waals surface area contributed by atoms with Gasteiger partial charge in [0.15, 0.2) is 5.84 Å². The molecular weight excluding hydrogens is 271 g/mol. The number of likely N-dealkylation sites (N-methyl/N-ethyl adjacent to an activating group) is 1. The smallest absolute Gasteiger partial charge is 0.172 e. The van der Waals surface area contributed by atoms with Crippen LogP contribution in [0.2, 0.25) is 0 Å². The van der Waals surface area contributed by atoms with E-state index in [1.54, 1.807) is 6.07 Å². The Morgan fingerprint density at radius 1 is 1.33 bits per heavy atom. The molecule has 0 amide bonds. The predicted molar refractivity (Wildman–Crippen MR) is 80.3 cm³/mol. The Labute approximate surface area is 123 Å². The molecule has 0 saturated carbocycles. The van der Waals surface area contributed by atoms with Gasteiger partial charge >= 0.3 is 0 Å². The van der Waals surface area contributed by atoms with Crippen LogP contribution in [0.5, 0.6) is 0 Å². The first-order valence-corrected chi connectivity index (χ1v) is 7.34. The minimum absolute atomic E-state index is 0.0488. The van der Waals surface area contributed by atoms with Crippen molar-refractivity contribution >= 4 is 11.5 Å². The molecule has 2 fully saturated rings. The molecule has 2 aliphatic heterocycles. The lowest BCUT2D eigenvalue weighted by Gasteiger charge is -2.29. The fraction of sp³-hybridized carbons (Fsp3) is 0.533. The van der Waals surface area contributed by atoms with Crippen molar-refractivity contribution < 1.29 is 9.60 Å². The van der Waals surface area contributed by atoms with Crippen molar-refractivity contribution in [1.82, 2.24) is 4.90 Å². The van der Waals surface area contributed by atoms with E-state index >= 15 is 0 Å². The van der Waals surface area contributed by atoms with Gasteiger partial charge in [0.1, 0.15) is 5.82 Å². The first-order valence-electron chi connectivity index (χ1n) is 7.34. The fourth-order valence-electron chi connectivity index (χ4n) is 3.57. The summed E-state index contributed by atoms with van der Waals surface area (Å²) >= 11 is 0. The van der Waals surface area contributed by atoms with Crippen LogP contribution in [-0.2, 0) is 0 Å². The van der Waals surface area contributed by atoms with Gasteiger partial charge in [0.2, 0.25) is 0 Å². The summed E-state index contributed by atoms with van der Waals surface area (Å²) in [6, 6.07) is 5.63. The number of nitrogens with zero attached hydrogens (tertiary/aromatic N) is 3. The Morgan fingerprint density at radius 2 is 2.10 bits per heavy atom. The lowest BCUT2D eigenvalue weighted by molar-refractivity contribution is 0.254. The Morgan fingerprint density at radius 3 is 2.86 bits per heavy atom. The van der Waals surface area contributed by atoms with E-state index in [-0.39, 0.29) is 11.7 Å². The summed E-state index contributed by atoms with van der Waals surface area (Å²) in [5, 5.41) is 12.0. The Hall–Kier alpha value is -1.82. The molecule has 2 atom stereocenters. The molecule has 114 valence electrons. The Bertz CT molecular complexity index is 563. The van der Waals surface area contributed by atoms with Gasteiger partial charge in [-0.05, 0) is 44.5 Å². The first kappa shape index (κ1) is 14.1. The second kappa shape index (κ2) is 5.52. The molecule has 3 rings (SSSR count). The van der Waals surface area contributed by atoms with Crippen LogP contribution in [-0.4, -0.2) is 48.2 Å². The minimum Gasteiger partial charge on any atom is -0.409 e. The lowest BCUT2D eigenvalue weighted by Crippen LogP contribution is -2.37. The molecular formula is C15H21FN4O. The first-order chi connectivity index (χ1) is 10.1.